The SMILES string of the molecule is C=CCCCOC(=O)[C@H](C)N[P@](=O)(OC[C@H]1O[C@@H](n2ccc(NC(=O)CCC=C)nc2=O)[C@@](C)(F)C1O)Oc1ccccc1. The van der Waals surface area contributed by atoms with Crippen molar-refractivity contribution in [3.8, 4) is 5.75 Å². The maximum Gasteiger partial charge on any atom is 0.459 e. The van der Waals surface area contributed by atoms with Crippen LogP contribution >= 0.6 is 7.75 Å². The molecule has 0 saturated carbocycles. The van der Waals surface area contributed by atoms with E-state index in [0.717, 1.165) is 11.5 Å². The van der Waals surface area contributed by atoms with Gasteiger partial charge in [0.1, 0.15) is 29.8 Å². The largest absolute Gasteiger partial charge is 0.465 e. The molecule has 0 bridgehead atoms. The van der Waals surface area contributed by atoms with Crippen LogP contribution in [-0.4, -0.2) is 63.7 Å². The maximum atomic E-state index is 15.8. The first-order valence-corrected chi connectivity index (χ1v) is 15.5. The zero-order chi connectivity index (χ0) is 32.3. The van der Waals surface area contributed by atoms with Gasteiger partial charge in [0.2, 0.25) is 5.91 Å². The summed E-state index contributed by atoms with van der Waals surface area (Å²) in [5.74, 6) is -1.00. The summed E-state index contributed by atoms with van der Waals surface area (Å²) in [4.78, 5) is 40.9. The van der Waals surface area contributed by atoms with Crippen molar-refractivity contribution in [2.45, 2.75) is 69.7 Å². The minimum Gasteiger partial charge on any atom is -0.465 e. The second-order valence-corrected chi connectivity index (χ2v) is 11.8. The summed E-state index contributed by atoms with van der Waals surface area (Å²) in [6.45, 7) is 9.04. The lowest BCUT2D eigenvalue weighted by Gasteiger charge is -2.25. The highest BCUT2D eigenvalue weighted by atomic mass is 31.2. The van der Waals surface area contributed by atoms with Crippen LogP contribution < -0.4 is 20.6 Å². The van der Waals surface area contributed by atoms with Crippen molar-refractivity contribution >= 4 is 25.4 Å². The van der Waals surface area contributed by atoms with E-state index in [2.05, 4.69) is 28.5 Å². The van der Waals surface area contributed by atoms with E-state index in [-0.39, 0.29) is 30.5 Å². The molecule has 3 N–H and O–H groups in total. The molecule has 1 aliphatic heterocycles. The fourth-order valence-electron chi connectivity index (χ4n) is 4.15. The number of nitrogens with one attached hydrogen (secondary N) is 2. The first-order chi connectivity index (χ1) is 20.9. The third-order valence-electron chi connectivity index (χ3n) is 6.52. The summed E-state index contributed by atoms with van der Waals surface area (Å²) < 4.78 is 52.4. The molecule has 15 heteroatoms. The maximum absolute atomic E-state index is 15.8. The van der Waals surface area contributed by atoms with Gasteiger partial charge in [-0.15, -0.1) is 13.2 Å². The predicted molar refractivity (Wildman–Crippen MR) is 160 cm³/mol. The summed E-state index contributed by atoms with van der Waals surface area (Å²) >= 11 is 0. The number of carbonyl (C=O) groups is 2. The lowest BCUT2D eigenvalue weighted by Crippen LogP contribution is -2.43. The number of alkyl halides is 1. The van der Waals surface area contributed by atoms with Gasteiger partial charge in [-0.1, -0.05) is 30.4 Å². The number of nitrogens with zero attached hydrogens (tertiary/aromatic N) is 2. The van der Waals surface area contributed by atoms with Crippen LogP contribution in [0.15, 0.2) is 72.7 Å². The molecule has 1 aromatic carbocycles. The van der Waals surface area contributed by atoms with E-state index in [1.165, 1.54) is 31.3 Å². The number of ether oxygens (including phenoxy) is 2. The van der Waals surface area contributed by atoms with E-state index >= 15 is 4.39 Å². The van der Waals surface area contributed by atoms with Crippen LogP contribution in [0.5, 0.6) is 5.75 Å². The number of halogens is 1. The Morgan fingerprint density at radius 3 is 2.61 bits per heavy atom. The van der Waals surface area contributed by atoms with E-state index < -0.39 is 56.2 Å². The van der Waals surface area contributed by atoms with Crippen molar-refractivity contribution in [1.29, 1.82) is 0 Å². The number of amides is 1. The topological polar surface area (TPSA) is 167 Å². The fraction of sp³-hybridized carbons (Fsp3) is 0.448. The number of aliphatic hydroxyl groups is 1. The molecule has 44 heavy (non-hydrogen) atoms. The number of benzene rings is 1. The van der Waals surface area contributed by atoms with E-state index in [1.807, 2.05) is 0 Å². The molecule has 1 aromatic heterocycles. The Morgan fingerprint density at radius 2 is 1.95 bits per heavy atom. The minimum atomic E-state index is -4.35. The van der Waals surface area contributed by atoms with Crippen molar-refractivity contribution in [1.82, 2.24) is 14.6 Å². The molecule has 1 saturated heterocycles. The highest BCUT2D eigenvalue weighted by molar-refractivity contribution is 7.52. The third-order valence-corrected chi connectivity index (χ3v) is 8.17. The number of unbranched alkanes of at least 4 members (excludes halogenated alkanes) is 1. The van der Waals surface area contributed by atoms with Gasteiger partial charge in [-0.25, -0.2) is 13.8 Å². The molecule has 1 amide bonds. The molecule has 3 rings (SSSR count). The number of allylic oxidation sites excluding steroid dienone is 2. The number of hydrogen-bond donors (Lipinski definition) is 3. The molecule has 1 aliphatic rings. The number of aliphatic hydroxyl groups excluding tert-OH is 1. The second kappa shape index (κ2) is 15.9. The van der Waals surface area contributed by atoms with Crippen LogP contribution in [0.4, 0.5) is 10.2 Å². The Kier molecular flexibility index (Phi) is 12.6. The average Bonchev–Trinajstić information content (AvgIpc) is 3.21. The van der Waals surface area contributed by atoms with Crippen LogP contribution in [0, 0.1) is 0 Å². The molecule has 1 unspecified atom stereocenters. The van der Waals surface area contributed by atoms with Crippen LogP contribution in [0.1, 0.15) is 45.8 Å². The van der Waals surface area contributed by atoms with Gasteiger partial charge in [-0.05, 0) is 51.3 Å². The zero-order valence-electron chi connectivity index (χ0n) is 24.6. The summed E-state index contributed by atoms with van der Waals surface area (Å²) in [6, 6.07) is 8.13. The Hall–Kier alpha value is -3.68. The van der Waals surface area contributed by atoms with Gasteiger partial charge in [0.05, 0.1) is 13.2 Å². The van der Waals surface area contributed by atoms with Gasteiger partial charge in [0.15, 0.2) is 11.9 Å². The van der Waals surface area contributed by atoms with Gasteiger partial charge in [0.25, 0.3) is 0 Å². The van der Waals surface area contributed by atoms with Crippen LogP contribution in [-0.2, 0) is 28.2 Å². The van der Waals surface area contributed by atoms with E-state index in [0.29, 0.717) is 19.3 Å². The number of hydrogen-bond acceptors (Lipinski definition) is 10. The molecular formula is C29H38FN4O9P. The number of aromatic nitrogens is 2. The monoisotopic (exact) mass is 636 g/mol. The molecular weight excluding hydrogens is 598 g/mol. The fourth-order valence-corrected chi connectivity index (χ4v) is 5.65. The van der Waals surface area contributed by atoms with Gasteiger partial charge in [-0.2, -0.15) is 10.1 Å². The molecule has 0 spiro atoms. The first kappa shape index (κ1) is 34.8. The van der Waals surface area contributed by atoms with Crippen molar-refractivity contribution in [2.75, 3.05) is 18.5 Å². The lowest BCUT2D eigenvalue weighted by atomic mass is 9.98. The predicted octanol–water partition coefficient (Wildman–Crippen LogP) is 3.83. The first-order valence-electron chi connectivity index (χ1n) is 14.0. The summed E-state index contributed by atoms with van der Waals surface area (Å²) in [7, 11) is -4.35. The highest BCUT2D eigenvalue weighted by Gasteiger charge is 2.56. The Bertz CT molecular complexity index is 1400. The van der Waals surface area contributed by atoms with Crippen LogP contribution in [0.25, 0.3) is 0 Å². The normalized spacial score (nSPS) is 23.2. The minimum absolute atomic E-state index is 0.0438. The molecule has 2 heterocycles. The van der Waals surface area contributed by atoms with Gasteiger partial charge >= 0.3 is 19.4 Å². The van der Waals surface area contributed by atoms with Gasteiger partial charge in [-0.3, -0.25) is 18.7 Å². The van der Waals surface area contributed by atoms with Gasteiger partial charge < -0.3 is 24.4 Å². The average molecular weight is 637 g/mol. The lowest BCUT2D eigenvalue weighted by molar-refractivity contribution is -0.145. The number of para-hydroxylation sites is 1. The van der Waals surface area contributed by atoms with Crippen molar-refractivity contribution in [3.05, 3.63) is 78.4 Å². The molecule has 0 radical (unpaired) electrons. The van der Waals surface area contributed by atoms with Crippen LogP contribution in [0.2, 0.25) is 0 Å². The Labute approximate surface area is 254 Å². The van der Waals surface area contributed by atoms with E-state index in [4.69, 9.17) is 18.5 Å². The molecule has 6 atom stereocenters. The standard InChI is InChI=1S/C29H38FN4O9P/c1-5-7-12-18-40-26(37)20(3)33-44(39,43-21-13-10-9-11-14-21)41-19-22-25(36)29(4,30)27(42-22)34-17-16-23(32-28(34)38)31-24(35)15-8-6-2/h5-6,9-11,13-14,16-17,20,22,25,27,36H,1-2,7-8,12,15,18-19H2,3-4H3,(H,33,39)(H,31,32,35,38)/t20-,22+,25?,27+,29-,44-/m0/s1. The van der Waals surface area contributed by atoms with Crippen molar-refractivity contribution < 1.29 is 42.2 Å². The highest BCUT2D eigenvalue weighted by Crippen LogP contribution is 2.47. The molecule has 240 valence electrons. The van der Waals surface area contributed by atoms with Gasteiger partial charge in [0, 0.05) is 12.6 Å². The van der Waals surface area contributed by atoms with Crippen LogP contribution in [0.3, 0.4) is 0 Å². The molecule has 2 aromatic rings. The van der Waals surface area contributed by atoms with Crippen molar-refractivity contribution in [2.24, 2.45) is 0 Å². The molecule has 1 fully saturated rings. The van der Waals surface area contributed by atoms with Crippen molar-refractivity contribution in [3.63, 3.8) is 0 Å². The summed E-state index contributed by atoms with van der Waals surface area (Å²) in [5, 5.41) is 15.8. The Balaban J connectivity index is 1.73. The second-order valence-electron chi connectivity index (χ2n) is 10.1. The summed E-state index contributed by atoms with van der Waals surface area (Å²) in [5.41, 5.74) is -3.47. The Morgan fingerprint density at radius 1 is 1.25 bits per heavy atom. The number of anilines is 1. The van der Waals surface area contributed by atoms with E-state index in [9.17, 15) is 24.1 Å². The molecule has 13 nitrogen and oxygen atoms in total. The number of esters is 1. The number of rotatable bonds is 17. The number of carbonyl (C=O) groups excluding carboxylic acids is 2. The quantitative estimate of drug-likeness (QED) is 0.0999. The summed E-state index contributed by atoms with van der Waals surface area (Å²) in [6.07, 6.45) is 1.29. The third kappa shape index (κ3) is 9.41. The molecule has 0 aliphatic carbocycles. The smallest absolute Gasteiger partial charge is 0.459 e. The zero-order valence-corrected chi connectivity index (χ0v) is 25.5. The van der Waals surface area contributed by atoms with E-state index in [1.54, 1.807) is 30.4 Å².